The van der Waals surface area contributed by atoms with Gasteiger partial charge in [0, 0.05) is 0 Å². The van der Waals surface area contributed by atoms with E-state index < -0.39 is 13.9 Å². The minimum atomic E-state index is -0.472. The molecule has 0 unspecified atom stereocenters. The SMILES string of the molecule is Cc1ccc(Sc2ccccc2C[Se+](C)C)c(N)c1. The van der Waals surface area contributed by atoms with Crippen LogP contribution in [0.25, 0.3) is 0 Å². The molecule has 100 valence electrons. The molecule has 0 bridgehead atoms. The summed E-state index contributed by atoms with van der Waals surface area (Å²) in [6.07, 6.45) is 0. The summed E-state index contributed by atoms with van der Waals surface area (Å²) in [7, 11) is 0. The second-order valence-corrected chi connectivity index (χ2v) is 10.7. The van der Waals surface area contributed by atoms with Crippen molar-refractivity contribution >= 4 is 31.4 Å². The molecule has 0 saturated heterocycles. The van der Waals surface area contributed by atoms with E-state index in [1.807, 2.05) is 6.07 Å². The summed E-state index contributed by atoms with van der Waals surface area (Å²) in [4.78, 5) is 2.50. The maximum atomic E-state index is 6.11. The van der Waals surface area contributed by atoms with E-state index in [1.54, 1.807) is 11.8 Å². The molecule has 2 aromatic carbocycles. The third-order valence-corrected chi connectivity index (χ3v) is 5.88. The van der Waals surface area contributed by atoms with Gasteiger partial charge in [0.15, 0.2) is 0 Å². The first-order chi connectivity index (χ1) is 9.06. The van der Waals surface area contributed by atoms with E-state index in [0.29, 0.717) is 0 Å². The summed E-state index contributed by atoms with van der Waals surface area (Å²) >= 11 is 1.31. The van der Waals surface area contributed by atoms with Crippen molar-refractivity contribution in [3.63, 3.8) is 0 Å². The van der Waals surface area contributed by atoms with E-state index in [9.17, 15) is 0 Å². The van der Waals surface area contributed by atoms with Crippen molar-refractivity contribution in [1.29, 1.82) is 0 Å². The van der Waals surface area contributed by atoms with Crippen molar-refractivity contribution in [3.8, 4) is 0 Å². The molecule has 19 heavy (non-hydrogen) atoms. The monoisotopic (exact) mass is 338 g/mol. The van der Waals surface area contributed by atoms with Gasteiger partial charge in [0.25, 0.3) is 0 Å². The molecule has 0 aliphatic heterocycles. The van der Waals surface area contributed by atoms with Crippen LogP contribution in [0.3, 0.4) is 0 Å². The van der Waals surface area contributed by atoms with Gasteiger partial charge in [-0.2, -0.15) is 0 Å². The first kappa shape index (κ1) is 14.5. The van der Waals surface area contributed by atoms with Crippen molar-refractivity contribution in [2.24, 2.45) is 0 Å². The Balaban J connectivity index is 2.27. The van der Waals surface area contributed by atoms with Crippen molar-refractivity contribution in [2.75, 3.05) is 5.73 Å². The predicted molar refractivity (Wildman–Crippen MR) is 87.3 cm³/mol. The van der Waals surface area contributed by atoms with E-state index in [1.165, 1.54) is 21.3 Å². The van der Waals surface area contributed by atoms with Crippen LogP contribution in [0.5, 0.6) is 0 Å². The summed E-state index contributed by atoms with van der Waals surface area (Å²) in [5.41, 5.74) is 9.66. The maximum absolute atomic E-state index is 6.11. The predicted octanol–water partition coefficient (Wildman–Crippen LogP) is 4.56. The van der Waals surface area contributed by atoms with Crippen LogP contribution < -0.4 is 5.73 Å². The number of benzene rings is 2. The second-order valence-electron chi connectivity index (χ2n) is 4.88. The van der Waals surface area contributed by atoms with Gasteiger partial charge in [-0.15, -0.1) is 0 Å². The van der Waals surface area contributed by atoms with E-state index in [-0.39, 0.29) is 0 Å². The molecule has 1 nitrogen and oxygen atoms in total. The van der Waals surface area contributed by atoms with Crippen LogP contribution in [-0.4, -0.2) is 13.9 Å². The summed E-state index contributed by atoms with van der Waals surface area (Å²) in [5.74, 6) is 4.75. The molecule has 0 aliphatic rings. The van der Waals surface area contributed by atoms with Crippen molar-refractivity contribution in [2.45, 2.75) is 33.7 Å². The summed E-state index contributed by atoms with van der Waals surface area (Å²) in [5, 5.41) is 1.23. The molecule has 0 saturated carbocycles. The van der Waals surface area contributed by atoms with E-state index in [4.69, 9.17) is 5.73 Å². The van der Waals surface area contributed by atoms with Gasteiger partial charge in [0.2, 0.25) is 0 Å². The van der Waals surface area contributed by atoms with Gasteiger partial charge in [-0.05, 0) is 0 Å². The van der Waals surface area contributed by atoms with E-state index >= 15 is 0 Å². The van der Waals surface area contributed by atoms with Crippen LogP contribution >= 0.6 is 11.8 Å². The Morgan fingerprint density at radius 1 is 1.05 bits per heavy atom. The fraction of sp³-hybridized carbons (Fsp3) is 0.250. The van der Waals surface area contributed by atoms with Gasteiger partial charge in [0.05, 0.1) is 0 Å². The molecular formula is C16H20NSSe+. The number of rotatable bonds is 4. The van der Waals surface area contributed by atoms with Crippen molar-refractivity contribution in [3.05, 3.63) is 53.6 Å². The fourth-order valence-electron chi connectivity index (χ4n) is 1.91. The quantitative estimate of drug-likeness (QED) is 0.653. The molecule has 0 aliphatic carbocycles. The van der Waals surface area contributed by atoms with Crippen LogP contribution in [0.15, 0.2) is 52.3 Å². The molecule has 0 aromatic heterocycles. The average Bonchev–Trinajstić information content (AvgIpc) is 2.34. The van der Waals surface area contributed by atoms with Crippen molar-refractivity contribution < 1.29 is 0 Å². The first-order valence-electron chi connectivity index (χ1n) is 6.22. The Hall–Kier alpha value is -0.891. The van der Waals surface area contributed by atoms with Gasteiger partial charge in [-0.3, -0.25) is 0 Å². The number of anilines is 1. The molecule has 2 rings (SSSR count). The molecule has 2 N–H and O–H groups in total. The molecule has 0 radical (unpaired) electrons. The van der Waals surface area contributed by atoms with E-state index in [0.717, 1.165) is 10.6 Å². The number of hydrogen-bond donors (Lipinski definition) is 1. The van der Waals surface area contributed by atoms with Gasteiger partial charge in [0.1, 0.15) is 0 Å². The van der Waals surface area contributed by atoms with Gasteiger partial charge >= 0.3 is 124 Å². The topological polar surface area (TPSA) is 26.0 Å². The summed E-state index contributed by atoms with van der Waals surface area (Å²) in [6, 6.07) is 15.0. The Morgan fingerprint density at radius 3 is 2.47 bits per heavy atom. The zero-order chi connectivity index (χ0) is 13.8. The van der Waals surface area contributed by atoms with Crippen LogP contribution in [0.2, 0.25) is 11.6 Å². The normalized spacial score (nSPS) is 10.9. The first-order valence-corrected chi connectivity index (χ1v) is 11.7. The Kier molecular flexibility index (Phi) is 4.98. The van der Waals surface area contributed by atoms with Crippen molar-refractivity contribution in [1.82, 2.24) is 0 Å². The minimum absolute atomic E-state index is 0.472. The molecule has 0 fully saturated rings. The molecule has 0 heterocycles. The van der Waals surface area contributed by atoms with Crippen LogP contribution in [0, 0.1) is 6.92 Å². The molecule has 2 aromatic rings. The Bertz CT molecular complexity index is 566. The molecule has 3 heteroatoms. The van der Waals surface area contributed by atoms with Crippen LogP contribution in [-0.2, 0) is 5.32 Å². The second kappa shape index (κ2) is 6.51. The zero-order valence-corrected chi connectivity index (χ0v) is 14.2. The molecule has 0 atom stereocenters. The van der Waals surface area contributed by atoms with Crippen LogP contribution in [0.4, 0.5) is 5.69 Å². The number of aryl methyl sites for hydroxylation is 1. The number of nitrogens with two attached hydrogens (primary N) is 1. The molecule has 0 spiro atoms. The Labute approximate surface area is 124 Å². The number of hydrogen-bond acceptors (Lipinski definition) is 2. The number of nitrogen functional groups attached to an aromatic ring is 1. The molecular weight excluding hydrogens is 317 g/mol. The zero-order valence-electron chi connectivity index (χ0n) is 11.6. The van der Waals surface area contributed by atoms with Gasteiger partial charge in [-0.25, -0.2) is 0 Å². The third kappa shape index (κ3) is 4.04. The third-order valence-electron chi connectivity index (χ3n) is 2.80. The summed E-state index contributed by atoms with van der Waals surface area (Å²) < 4.78 is 0. The van der Waals surface area contributed by atoms with Gasteiger partial charge < -0.3 is 0 Å². The Morgan fingerprint density at radius 2 is 1.79 bits per heavy atom. The van der Waals surface area contributed by atoms with Gasteiger partial charge in [-0.1, -0.05) is 0 Å². The van der Waals surface area contributed by atoms with Crippen LogP contribution in [0.1, 0.15) is 11.1 Å². The standard InChI is InChI=1S/C16H20NSSe/c1-12-8-9-16(14(17)10-12)18-15-7-5-4-6-13(15)11-19(2)3/h4-10H,11,17H2,1-3H3/q+1. The molecule has 0 amide bonds. The summed E-state index contributed by atoms with van der Waals surface area (Å²) in [6.45, 7) is 2.07. The average molecular weight is 337 g/mol. The fourth-order valence-corrected chi connectivity index (χ4v) is 4.92. The van der Waals surface area contributed by atoms with E-state index in [2.05, 4.69) is 55.0 Å².